The lowest BCUT2D eigenvalue weighted by Crippen LogP contribution is -2.43. The summed E-state index contributed by atoms with van der Waals surface area (Å²) in [5.74, 6) is -0.543. The number of aliphatic hydroxyl groups excluding tert-OH is 1. The number of halogens is 4. The van der Waals surface area contributed by atoms with Crippen molar-refractivity contribution in [1.29, 1.82) is 0 Å². The predicted octanol–water partition coefficient (Wildman–Crippen LogP) is 5.97. The molecule has 0 spiro atoms. The van der Waals surface area contributed by atoms with E-state index in [4.69, 9.17) is 27.1 Å². The Morgan fingerprint density at radius 1 is 1.12 bits per heavy atom. The van der Waals surface area contributed by atoms with E-state index in [0.29, 0.717) is 42.8 Å². The van der Waals surface area contributed by atoms with Crippen molar-refractivity contribution in [2.75, 3.05) is 50.0 Å². The second kappa shape index (κ2) is 11.2. The van der Waals surface area contributed by atoms with Crippen LogP contribution in [0, 0.1) is 17.6 Å². The summed E-state index contributed by atoms with van der Waals surface area (Å²) in [5, 5.41) is 10.4. The summed E-state index contributed by atoms with van der Waals surface area (Å²) in [6.45, 7) is 2.77. The molecule has 13 heteroatoms. The van der Waals surface area contributed by atoms with E-state index in [0.717, 1.165) is 50.0 Å². The van der Waals surface area contributed by atoms with Gasteiger partial charge in [0.2, 0.25) is 0 Å². The minimum Gasteiger partial charge on any atom is -0.461 e. The van der Waals surface area contributed by atoms with Crippen molar-refractivity contribution >= 4 is 55.0 Å². The zero-order chi connectivity index (χ0) is 29.9. The molecular formula is C30H32ClF3N6O2S. The SMILES string of the molecule is Nc1nc2c(-c3c(Cl)cc4c(N5CCCC(CO)CC5)nc(OC[C@@]56CCCN5C[C@H](F)C6)nc4c3F)ccc(F)c2s1. The molecule has 3 N–H and O–H groups in total. The quantitative estimate of drug-likeness (QED) is 0.268. The highest BCUT2D eigenvalue weighted by atomic mass is 35.5. The molecule has 0 aliphatic carbocycles. The van der Waals surface area contributed by atoms with Crippen molar-refractivity contribution in [2.45, 2.75) is 50.2 Å². The molecule has 0 bridgehead atoms. The van der Waals surface area contributed by atoms with Crippen LogP contribution in [0.5, 0.6) is 6.01 Å². The number of ether oxygens (including phenoxy) is 1. The highest BCUT2D eigenvalue weighted by Crippen LogP contribution is 2.44. The molecule has 3 atom stereocenters. The predicted molar refractivity (Wildman–Crippen MR) is 163 cm³/mol. The van der Waals surface area contributed by atoms with Gasteiger partial charge in [-0.3, -0.25) is 4.90 Å². The van der Waals surface area contributed by atoms with Crippen LogP contribution in [0.25, 0.3) is 32.2 Å². The number of fused-ring (bicyclic) bond motifs is 3. The molecule has 0 amide bonds. The van der Waals surface area contributed by atoms with Gasteiger partial charge < -0.3 is 20.5 Å². The van der Waals surface area contributed by atoms with Gasteiger partial charge in [0.15, 0.2) is 10.9 Å². The summed E-state index contributed by atoms with van der Waals surface area (Å²) in [6.07, 6.45) is 3.70. The van der Waals surface area contributed by atoms with Crippen LogP contribution in [-0.2, 0) is 0 Å². The van der Waals surface area contributed by atoms with E-state index in [9.17, 15) is 13.9 Å². The van der Waals surface area contributed by atoms with Crippen molar-refractivity contribution in [1.82, 2.24) is 19.9 Å². The highest BCUT2D eigenvalue weighted by Gasteiger charge is 2.49. The summed E-state index contributed by atoms with van der Waals surface area (Å²) in [6, 6.07) is 4.33. The second-order valence-corrected chi connectivity index (χ2v) is 13.4. The Bertz CT molecular complexity index is 1710. The highest BCUT2D eigenvalue weighted by molar-refractivity contribution is 7.22. The van der Waals surface area contributed by atoms with Crippen molar-refractivity contribution in [2.24, 2.45) is 5.92 Å². The van der Waals surface area contributed by atoms with Crippen molar-refractivity contribution in [3.8, 4) is 17.1 Å². The van der Waals surface area contributed by atoms with E-state index in [2.05, 4.69) is 19.8 Å². The fourth-order valence-corrected chi connectivity index (χ4v) is 8.17. The Hall–Kier alpha value is -2.93. The zero-order valence-corrected chi connectivity index (χ0v) is 25.0. The lowest BCUT2D eigenvalue weighted by atomic mass is 9.95. The minimum atomic E-state index is -0.914. The van der Waals surface area contributed by atoms with Crippen LogP contribution in [0.4, 0.5) is 24.1 Å². The normalized spacial score (nSPS) is 24.6. The fraction of sp³-hybridized carbons (Fsp3) is 0.500. The number of nitrogens with two attached hydrogens (primary N) is 1. The van der Waals surface area contributed by atoms with Crippen LogP contribution in [0.15, 0.2) is 18.2 Å². The Kier molecular flexibility index (Phi) is 7.51. The Balaban J connectivity index is 1.35. The molecular weight excluding hydrogens is 601 g/mol. The van der Waals surface area contributed by atoms with Crippen LogP contribution >= 0.6 is 22.9 Å². The number of nitrogen functional groups attached to an aromatic ring is 1. The maximum absolute atomic E-state index is 16.7. The maximum Gasteiger partial charge on any atom is 0.319 e. The van der Waals surface area contributed by atoms with E-state index in [1.54, 1.807) is 6.07 Å². The first-order valence-electron chi connectivity index (χ1n) is 14.7. The third-order valence-corrected chi connectivity index (χ3v) is 10.5. The van der Waals surface area contributed by atoms with Gasteiger partial charge >= 0.3 is 6.01 Å². The average Bonchev–Trinajstić information content (AvgIpc) is 3.58. The molecule has 8 nitrogen and oxygen atoms in total. The van der Waals surface area contributed by atoms with E-state index >= 15 is 4.39 Å². The number of thiazole rings is 1. The number of alkyl halides is 1. The Morgan fingerprint density at radius 3 is 2.81 bits per heavy atom. The molecule has 0 radical (unpaired) electrons. The lowest BCUT2D eigenvalue weighted by molar-refractivity contribution is 0.107. The van der Waals surface area contributed by atoms with Gasteiger partial charge in [-0.25, -0.2) is 18.2 Å². The molecule has 0 saturated carbocycles. The first-order valence-corrected chi connectivity index (χ1v) is 15.9. The van der Waals surface area contributed by atoms with E-state index in [1.807, 2.05) is 0 Å². The fourth-order valence-electron chi connectivity index (χ4n) is 7.11. The molecule has 228 valence electrons. The molecule has 3 aliphatic heterocycles. The molecule has 4 aromatic rings. The minimum absolute atomic E-state index is 0.00307. The van der Waals surface area contributed by atoms with Crippen molar-refractivity contribution < 1.29 is 23.0 Å². The molecule has 5 heterocycles. The van der Waals surface area contributed by atoms with Crippen LogP contribution in [-0.4, -0.2) is 76.1 Å². The van der Waals surface area contributed by atoms with Gasteiger partial charge in [-0.2, -0.15) is 9.97 Å². The van der Waals surface area contributed by atoms with Gasteiger partial charge in [0, 0.05) is 49.2 Å². The zero-order valence-electron chi connectivity index (χ0n) is 23.5. The molecule has 7 rings (SSSR count). The maximum atomic E-state index is 16.7. The molecule has 3 fully saturated rings. The van der Waals surface area contributed by atoms with Crippen LogP contribution in [0.2, 0.25) is 5.02 Å². The molecule has 1 unspecified atom stereocenters. The third kappa shape index (κ3) is 5.05. The third-order valence-electron chi connectivity index (χ3n) is 9.26. The standard InChI is InChI=1S/C30H32ClF3N6O2S/c31-20-11-19-24(23(34)22(20)18-4-5-21(33)26-25(18)36-28(35)43-26)37-29(38-27(19)39-8-1-3-16(14-41)6-10-39)42-15-30-7-2-9-40(30)13-17(32)12-30/h4-5,11,16-17,41H,1-3,6-10,12-15H2,(H2,35,36)/t16?,17-,30+/m1/s1. The van der Waals surface area contributed by atoms with E-state index in [1.165, 1.54) is 12.1 Å². The van der Waals surface area contributed by atoms with Gasteiger partial charge in [0.05, 0.1) is 20.8 Å². The van der Waals surface area contributed by atoms with Gasteiger partial charge in [0.25, 0.3) is 0 Å². The number of rotatable bonds is 6. The number of nitrogens with zero attached hydrogens (tertiary/aromatic N) is 5. The largest absolute Gasteiger partial charge is 0.461 e. The Labute approximate surface area is 255 Å². The van der Waals surface area contributed by atoms with Gasteiger partial charge in [-0.1, -0.05) is 22.9 Å². The van der Waals surface area contributed by atoms with Crippen molar-refractivity contribution in [3.63, 3.8) is 0 Å². The summed E-state index contributed by atoms with van der Waals surface area (Å²) in [4.78, 5) is 17.8. The van der Waals surface area contributed by atoms with Crippen LogP contribution in [0.1, 0.15) is 38.5 Å². The second-order valence-electron chi connectivity index (χ2n) is 11.9. The summed E-state index contributed by atoms with van der Waals surface area (Å²) < 4.78 is 52.1. The molecule has 2 aromatic heterocycles. The number of hydrogen-bond acceptors (Lipinski definition) is 9. The van der Waals surface area contributed by atoms with Gasteiger partial charge in [-0.05, 0) is 62.8 Å². The molecule has 3 aliphatic rings. The Morgan fingerprint density at radius 2 is 1.98 bits per heavy atom. The molecule has 3 saturated heterocycles. The average molecular weight is 633 g/mol. The van der Waals surface area contributed by atoms with Crippen molar-refractivity contribution in [3.05, 3.63) is 34.9 Å². The number of anilines is 2. The molecule has 43 heavy (non-hydrogen) atoms. The lowest BCUT2D eigenvalue weighted by Gasteiger charge is -2.31. The molecule has 2 aromatic carbocycles. The topological polar surface area (TPSA) is 101 Å². The van der Waals surface area contributed by atoms with Crippen LogP contribution in [0.3, 0.4) is 0 Å². The number of aromatic nitrogens is 3. The first kappa shape index (κ1) is 28.8. The summed E-state index contributed by atoms with van der Waals surface area (Å²) in [5.41, 5.74) is 6.03. The summed E-state index contributed by atoms with van der Waals surface area (Å²) in [7, 11) is 0. The number of hydrogen-bond donors (Lipinski definition) is 2. The first-order chi connectivity index (χ1) is 20.8. The smallest absolute Gasteiger partial charge is 0.319 e. The number of benzene rings is 2. The van der Waals surface area contributed by atoms with Gasteiger partial charge in [-0.15, -0.1) is 0 Å². The van der Waals surface area contributed by atoms with Crippen LogP contribution < -0.4 is 15.4 Å². The van der Waals surface area contributed by atoms with E-state index in [-0.39, 0.29) is 56.6 Å². The summed E-state index contributed by atoms with van der Waals surface area (Å²) >= 11 is 7.75. The van der Waals surface area contributed by atoms with E-state index < -0.39 is 23.3 Å². The monoisotopic (exact) mass is 632 g/mol. The number of aliphatic hydroxyl groups is 1. The van der Waals surface area contributed by atoms with Gasteiger partial charge in [0.1, 0.15) is 29.9 Å².